The molecular formula is C22H30N6O2. The topological polar surface area (TPSA) is 107 Å². The number of nitrogens with one attached hydrogen (secondary N) is 2. The van der Waals surface area contributed by atoms with E-state index >= 15 is 0 Å². The number of urea groups is 1. The minimum Gasteiger partial charge on any atom is -0.389 e. The largest absolute Gasteiger partial charge is 0.389 e. The van der Waals surface area contributed by atoms with Crippen LogP contribution in [-0.4, -0.2) is 61.9 Å². The number of hydrogen-bond donors (Lipinski definition) is 3. The number of aliphatic hydroxyl groups is 1. The molecule has 4 rings (SSSR count). The predicted octanol–water partition coefficient (Wildman–Crippen LogP) is 2.25. The molecule has 1 saturated carbocycles. The summed E-state index contributed by atoms with van der Waals surface area (Å²) in [6.07, 6.45) is 10.4. The van der Waals surface area contributed by atoms with Gasteiger partial charge in [0.05, 0.1) is 12.1 Å². The molecule has 1 aliphatic carbocycles. The van der Waals surface area contributed by atoms with Crippen molar-refractivity contribution in [3.8, 4) is 0 Å². The third-order valence-corrected chi connectivity index (χ3v) is 6.21. The molecule has 1 saturated heterocycles. The van der Waals surface area contributed by atoms with Crippen molar-refractivity contribution in [1.82, 2.24) is 30.8 Å². The quantitative estimate of drug-likeness (QED) is 0.389. The Morgan fingerprint density at radius 2 is 2.10 bits per heavy atom. The number of hydrogen-bond acceptors (Lipinski definition) is 5. The van der Waals surface area contributed by atoms with Crippen LogP contribution in [0.1, 0.15) is 43.5 Å². The van der Waals surface area contributed by atoms with Crippen LogP contribution < -0.4 is 5.32 Å². The van der Waals surface area contributed by atoms with E-state index in [0.717, 1.165) is 43.6 Å². The van der Waals surface area contributed by atoms with E-state index in [-0.39, 0.29) is 12.1 Å². The number of nitrogens with zero attached hydrogens (tertiary/aromatic N) is 4. The number of aliphatic hydroxyl groups excluding tert-OH is 1. The zero-order valence-corrected chi connectivity index (χ0v) is 17.2. The van der Waals surface area contributed by atoms with Gasteiger partial charge in [-0.15, -0.1) is 5.10 Å². The van der Waals surface area contributed by atoms with E-state index in [1.54, 1.807) is 0 Å². The van der Waals surface area contributed by atoms with Crippen molar-refractivity contribution in [2.45, 2.75) is 57.1 Å². The van der Waals surface area contributed by atoms with Gasteiger partial charge < -0.3 is 15.3 Å². The minimum absolute atomic E-state index is 0.00178. The maximum Gasteiger partial charge on any atom is 0.318 e. The molecule has 0 bridgehead atoms. The van der Waals surface area contributed by atoms with E-state index in [1.165, 1.54) is 12.8 Å². The molecule has 8 nitrogen and oxygen atoms in total. The standard InChI is InChI=1S/C22H30N6O2/c29-19(14-17-6-2-1-3-7-17)9-8-18-16-23-21(30)28(18)13-5-4-10-22(11-12-22)15-20-24-26-27-25-20/h1-3,6-9,18-19,29H,4-5,10-16H2,(H,23,30)(H,24,25,26,27)/b9-8+/t18-,19?/m0/s1. The third-order valence-electron chi connectivity index (χ3n) is 6.21. The molecule has 1 aromatic carbocycles. The van der Waals surface area contributed by atoms with Crippen LogP contribution in [0.3, 0.4) is 0 Å². The molecule has 2 aliphatic rings. The van der Waals surface area contributed by atoms with Gasteiger partial charge in [0, 0.05) is 25.9 Å². The highest BCUT2D eigenvalue weighted by Gasteiger charge is 2.42. The maximum absolute atomic E-state index is 12.2. The molecule has 30 heavy (non-hydrogen) atoms. The van der Waals surface area contributed by atoms with Crippen LogP contribution in [0.15, 0.2) is 42.5 Å². The van der Waals surface area contributed by atoms with Crippen LogP contribution >= 0.6 is 0 Å². The van der Waals surface area contributed by atoms with Crippen LogP contribution in [-0.2, 0) is 12.8 Å². The molecule has 2 heterocycles. The zero-order chi connectivity index (χ0) is 20.8. The SMILES string of the molecule is O=C1NC[C@H](/C=C/C(O)Cc2ccccc2)N1CCCCC1(Cc2nnn[nH]2)CC1. The van der Waals surface area contributed by atoms with E-state index in [2.05, 4.69) is 25.9 Å². The lowest BCUT2D eigenvalue weighted by atomic mass is 9.95. The molecule has 160 valence electrons. The average Bonchev–Trinajstić information content (AvgIpc) is 3.14. The Hall–Kier alpha value is -2.74. The van der Waals surface area contributed by atoms with Crippen molar-refractivity contribution in [1.29, 1.82) is 0 Å². The molecule has 3 N–H and O–H groups in total. The molecule has 1 unspecified atom stereocenters. The normalized spacial score (nSPS) is 21.2. The monoisotopic (exact) mass is 410 g/mol. The second-order valence-electron chi connectivity index (χ2n) is 8.57. The minimum atomic E-state index is -0.551. The first-order valence-corrected chi connectivity index (χ1v) is 10.8. The summed E-state index contributed by atoms with van der Waals surface area (Å²) in [5.74, 6) is 0.866. The number of aromatic nitrogens is 4. The predicted molar refractivity (Wildman–Crippen MR) is 113 cm³/mol. The molecule has 2 atom stereocenters. The van der Waals surface area contributed by atoms with E-state index < -0.39 is 6.10 Å². The lowest BCUT2D eigenvalue weighted by Crippen LogP contribution is -2.34. The molecule has 2 aromatic rings. The molecule has 2 fully saturated rings. The van der Waals surface area contributed by atoms with Crippen molar-refractivity contribution in [3.05, 3.63) is 53.9 Å². The Balaban J connectivity index is 1.21. The fourth-order valence-corrected chi connectivity index (χ4v) is 4.26. The summed E-state index contributed by atoms with van der Waals surface area (Å²) in [5.41, 5.74) is 1.44. The lowest BCUT2D eigenvalue weighted by Gasteiger charge is -2.21. The van der Waals surface area contributed by atoms with Gasteiger partial charge in [-0.1, -0.05) is 48.9 Å². The van der Waals surface area contributed by atoms with Gasteiger partial charge in [-0.05, 0) is 47.1 Å². The van der Waals surface area contributed by atoms with E-state index in [9.17, 15) is 9.90 Å². The number of benzene rings is 1. The first-order chi connectivity index (χ1) is 14.6. The highest BCUT2D eigenvalue weighted by molar-refractivity contribution is 5.77. The van der Waals surface area contributed by atoms with Crippen molar-refractivity contribution < 1.29 is 9.90 Å². The summed E-state index contributed by atoms with van der Waals surface area (Å²) < 4.78 is 0. The van der Waals surface area contributed by atoms with Crippen LogP contribution in [0.25, 0.3) is 0 Å². The molecular weight excluding hydrogens is 380 g/mol. The van der Waals surface area contributed by atoms with Gasteiger partial charge in [-0.2, -0.15) is 0 Å². The van der Waals surface area contributed by atoms with Crippen molar-refractivity contribution in [2.75, 3.05) is 13.1 Å². The van der Waals surface area contributed by atoms with Crippen LogP contribution in [0.2, 0.25) is 0 Å². The maximum atomic E-state index is 12.2. The molecule has 0 radical (unpaired) electrons. The molecule has 2 amide bonds. The first kappa shape index (κ1) is 20.5. The summed E-state index contributed by atoms with van der Waals surface area (Å²) in [7, 11) is 0. The summed E-state index contributed by atoms with van der Waals surface area (Å²) in [6, 6.07) is 9.91. The van der Waals surface area contributed by atoms with Crippen molar-refractivity contribution >= 4 is 6.03 Å². The number of carbonyl (C=O) groups excluding carboxylic acids is 1. The fourth-order valence-electron chi connectivity index (χ4n) is 4.26. The Bertz CT molecular complexity index is 835. The summed E-state index contributed by atoms with van der Waals surface area (Å²) in [6.45, 7) is 1.32. The van der Waals surface area contributed by atoms with Gasteiger partial charge in [0.1, 0.15) is 5.82 Å². The lowest BCUT2D eigenvalue weighted by molar-refractivity contribution is 0.206. The smallest absolute Gasteiger partial charge is 0.318 e. The number of rotatable bonds is 11. The number of tetrazole rings is 1. The van der Waals surface area contributed by atoms with Gasteiger partial charge in [0.2, 0.25) is 0 Å². The van der Waals surface area contributed by atoms with Crippen LogP contribution in [0, 0.1) is 5.41 Å². The number of amides is 2. The number of H-pyrrole nitrogens is 1. The fraction of sp³-hybridized carbons (Fsp3) is 0.545. The molecule has 1 aliphatic heterocycles. The van der Waals surface area contributed by atoms with Gasteiger partial charge >= 0.3 is 6.03 Å². The summed E-state index contributed by atoms with van der Waals surface area (Å²) in [4.78, 5) is 14.1. The Morgan fingerprint density at radius 1 is 1.27 bits per heavy atom. The second kappa shape index (κ2) is 9.38. The average molecular weight is 411 g/mol. The third kappa shape index (κ3) is 5.44. The van der Waals surface area contributed by atoms with Gasteiger partial charge in [-0.25, -0.2) is 9.89 Å². The number of carbonyl (C=O) groups is 1. The van der Waals surface area contributed by atoms with E-state index in [1.807, 2.05) is 47.4 Å². The summed E-state index contributed by atoms with van der Waals surface area (Å²) in [5, 5.41) is 27.4. The van der Waals surface area contributed by atoms with Crippen LogP contribution in [0.4, 0.5) is 4.79 Å². The van der Waals surface area contributed by atoms with Crippen molar-refractivity contribution in [3.63, 3.8) is 0 Å². The Morgan fingerprint density at radius 3 is 2.83 bits per heavy atom. The van der Waals surface area contributed by atoms with E-state index in [0.29, 0.717) is 18.4 Å². The number of unbranched alkanes of at least 4 members (excludes halogenated alkanes) is 1. The van der Waals surface area contributed by atoms with Gasteiger partial charge in [0.15, 0.2) is 0 Å². The zero-order valence-electron chi connectivity index (χ0n) is 17.2. The molecule has 8 heteroatoms. The second-order valence-corrected chi connectivity index (χ2v) is 8.57. The highest BCUT2D eigenvalue weighted by atomic mass is 16.3. The first-order valence-electron chi connectivity index (χ1n) is 10.8. The summed E-state index contributed by atoms with van der Waals surface area (Å²) >= 11 is 0. The van der Waals surface area contributed by atoms with Gasteiger partial charge in [-0.3, -0.25) is 0 Å². The Labute approximate surface area is 176 Å². The van der Waals surface area contributed by atoms with Crippen LogP contribution in [0.5, 0.6) is 0 Å². The molecule has 0 spiro atoms. The van der Waals surface area contributed by atoms with E-state index in [4.69, 9.17) is 0 Å². The van der Waals surface area contributed by atoms with Crippen molar-refractivity contribution in [2.24, 2.45) is 5.41 Å². The Kier molecular flexibility index (Phi) is 6.42. The highest BCUT2D eigenvalue weighted by Crippen LogP contribution is 2.51. The molecule has 1 aromatic heterocycles. The van der Waals surface area contributed by atoms with Gasteiger partial charge in [0.25, 0.3) is 0 Å². The number of aromatic amines is 1.